The van der Waals surface area contributed by atoms with Crippen molar-refractivity contribution in [3.05, 3.63) is 18.1 Å². The standard InChI is InChI=1S/C12H19N3O/c1-9(2)10-6-11(15-8-14-10)13-7-12(16)4-3-5-12/h6,8-9,16H,3-5,7H2,1-2H3,(H,13,14,15). The van der Waals surface area contributed by atoms with Crippen LogP contribution in [0.25, 0.3) is 0 Å². The third-order valence-corrected chi connectivity index (χ3v) is 3.16. The van der Waals surface area contributed by atoms with Gasteiger partial charge in [-0.2, -0.15) is 0 Å². The van der Waals surface area contributed by atoms with Crippen molar-refractivity contribution in [3.63, 3.8) is 0 Å². The Morgan fingerprint density at radius 3 is 2.75 bits per heavy atom. The number of hydrogen-bond acceptors (Lipinski definition) is 4. The fourth-order valence-electron chi connectivity index (χ4n) is 1.80. The highest BCUT2D eigenvalue weighted by Crippen LogP contribution is 2.31. The quantitative estimate of drug-likeness (QED) is 0.815. The minimum absolute atomic E-state index is 0.398. The summed E-state index contributed by atoms with van der Waals surface area (Å²) in [6.45, 7) is 4.79. The highest BCUT2D eigenvalue weighted by molar-refractivity contribution is 5.36. The maximum atomic E-state index is 9.94. The van der Waals surface area contributed by atoms with Crippen LogP contribution in [0.15, 0.2) is 12.4 Å². The third kappa shape index (κ3) is 2.50. The fraction of sp³-hybridized carbons (Fsp3) is 0.667. The third-order valence-electron chi connectivity index (χ3n) is 3.16. The molecule has 0 aromatic carbocycles. The van der Waals surface area contributed by atoms with Gasteiger partial charge in [0, 0.05) is 18.3 Å². The van der Waals surface area contributed by atoms with Gasteiger partial charge in [0.25, 0.3) is 0 Å². The molecule has 0 unspecified atom stereocenters. The lowest BCUT2D eigenvalue weighted by atomic mass is 9.80. The van der Waals surface area contributed by atoms with E-state index in [9.17, 15) is 5.11 Å². The Morgan fingerprint density at radius 2 is 2.19 bits per heavy atom. The molecule has 4 heteroatoms. The minimum Gasteiger partial charge on any atom is -0.388 e. The number of anilines is 1. The van der Waals surface area contributed by atoms with Crippen LogP contribution in [0.3, 0.4) is 0 Å². The zero-order valence-corrected chi connectivity index (χ0v) is 9.90. The van der Waals surface area contributed by atoms with Crippen LogP contribution in [0.5, 0.6) is 0 Å². The summed E-state index contributed by atoms with van der Waals surface area (Å²) in [5.41, 5.74) is 0.515. The Morgan fingerprint density at radius 1 is 1.44 bits per heavy atom. The van der Waals surface area contributed by atoms with E-state index in [2.05, 4.69) is 29.1 Å². The van der Waals surface area contributed by atoms with Crippen LogP contribution in [0.4, 0.5) is 5.82 Å². The molecule has 1 aliphatic carbocycles. The number of nitrogens with zero attached hydrogens (tertiary/aromatic N) is 2. The van der Waals surface area contributed by atoms with E-state index >= 15 is 0 Å². The second-order valence-electron chi connectivity index (χ2n) is 4.91. The van der Waals surface area contributed by atoms with Crippen molar-refractivity contribution in [2.75, 3.05) is 11.9 Å². The van der Waals surface area contributed by atoms with Gasteiger partial charge < -0.3 is 10.4 Å². The summed E-state index contributed by atoms with van der Waals surface area (Å²) in [5, 5.41) is 13.1. The lowest BCUT2D eigenvalue weighted by Gasteiger charge is -2.36. The van der Waals surface area contributed by atoms with Gasteiger partial charge >= 0.3 is 0 Å². The number of rotatable bonds is 4. The molecular formula is C12H19N3O. The molecule has 0 atom stereocenters. The molecule has 0 saturated heterocycles. The zero-order chi connectivity index (χ0) is 11.6. The SMILES string of the molecule is CC(C)c1cc(NCC2(O)CCC2)ncn1. The van der Waals surface area contributed by atoms with Crippen molar-refractivity contribution >= 4 is 5.82 Å². The summed E-state index contributed by atoms with van der Waals surface area (Å²) >= 11 is 0. The van der Waals surface area contributed by atoms with E-state index in [0.29, 0.717) is 12.5 Å². The second-order valence-corrected chi connectivity index (χ2v) is 4.91. The maximum absolute atomic E-state index is 9.94. The monoisotopic (exact) mass is 221 g/mol. The zero-order valence-electron chi connectivity index (χ0n) is 9.90. The molecule has 0 spiro atoms. The van der Waals surface area contributed by atoms with Crippen LogP contribution in [0, 0.1) is 0 Å². The van der Waals surface area contributed by atoms with Gasteiger partial charge in [0.2, 0.25) is 0 Å². The first-order valence-corrected chi connectivity index (χ1v) is 5.87. The first-order chi connectivity index (χ1) is 7.59. The first-order valence-electron chi connectivity index (χ1n) is 5.87. The van der Waals surface area contributed by atoms with E-state index in [0.717, 1.165) is 30.8 Å². The molecule has 2 N–H and O–H groups in total. The molecule has 0 amide bonds. The molecule has 0 aliphatic heterocycles. The molecule has 1 aromatic heterocycles. The van der Waals surface area contributed by atoms with Crippen LogP contribution in [0.1, 0.15) is 44.7 Å². The first kappa shape index (κ1) is 11.3. The van der Waals surface area contributed by atoms with E-state index in [1.165, 1.54) is 0 Å². The summed E-state index contributed by atoms with van der Waals surface area (Å²) in [4.78, 5) is 8.35. The highest BCUT2D eigenvalue weighted by Gasteiger charge is 2.33. The second kappa shape index (κ2) is 4.37. The Bertz CT molecular complexity index is 361. The van der Waals surface area contributed by atoms with Crippen molar-refractivity contribution in [1.29, 1.82) is 0 Å². The predicted molar refractivity (Wildman–Crippen MR) is 63.4 cm³/mol. The van der Waals surface area contributed by atoms with Gasteiger partial charge in [-0.1, -0.05) is 13.8 Å². The lowest BCUT2D eigenvalue weighted by molar-refractivity contribution is -0.0202. The van der Waals surface area contributed by atoms with E-state index in [4.69, 9.17) is 0 Å². The normalized spacial score (nSPS) is 18.2. The molecule has 0 bridgehead atoms. The van der Waals surface area contributed by atoms with E-state index in [1.54, 1.807) is 6.33 Å². The van der Waals surface area contributed by atoms with Crippen LogP contribution < -0.4 is 5.32 Å². The van der Waals surface area contributed by atoms with Crippen LogP contribution >= 0.6 is 0 Å². The Hall–Kier alpha value is -1.16. The average molecular weight is 221 g/mol. The van der Waals surface area contributed by atoms with Crippen molar-refractivity contribution in [1.82, 2.24) is 9.97 Å². The Labute approximate surface area is 96.1 Å². The van der Waals surface area contributed by atoms with Crippen LogP contribution in [-0.2, 0) is 0 Å². The predicted octanol–water partition coefficient (Wildman–Crippen LogP) is 1.93. The summed E-state index contributed by atoms with van der Waals surface area (Å²) in [6, 6.07) is 1.95. The molecule has 16 heavy (non-hydrogen) atoms. The van der Waals surface area contributed by atoms with Crippen LogP contribution in [0.2, 0.25) is 0 Å². The molecule has 1 saturated carbocycles. The molecule has 2 rings (SSSR count). The minimum atomic E-state index is -0.511. The highest BCUT2D eigenvalue weighted by atomic mass is 16.3. The molecule has 1 aromatic rings. The van der Waals surface area contributed by atoms with E-state index < -0.39 is 5.60 Å². The molecule has 0 radical (unpaired) electrons. The van der Waals surface area contributed by atoms with Crippen molar-refractivity contribution in [2.45, 2.75) is 44.6 Å². The Kier molecular flexibility index (Phi) is 3.10. The molecule has 1 aliphatic rings. The molecular weight excluding hydrogens is 202 g/mol. The largest absolute Gasteiger partial charge is 0.388 e. The van der Waals surface area contributed by atoms with Crippen LogP contribution in [-0.4, -0.2) is 27.2 Å². The number of hydrogen-bond donors (Lipinski definition) is 2. The van der Waals surface area contributed by atoms with Gasteiger partial charge in [-0.3, -0.25) is 0 Å². The Balaban J connectivity index is 1.96. The fourth-order valence-corrected chi connectivity index (χ4v) is 1.80. The van der Waals surface area contributed by atoms with E-state index in [1.807, 2.05) is 6.07 Å². The summed E-state index contributed by atoms with van der Waals surface area (Å²) in [5.74, 6) is 1.20. The van der Waals surface area contributed by atoms with Gasteiger partial charge in [-0.05, 0) is 25.2 Å². The summed E-state index contributed by atoms with van der Waals surface area (Å²) < 4.78 is 0. The van der Waals surface area contributed by atoms with Gasteiger partial charge in [0.15, 0.2) is 0 Å². The summed E-state index contributed by atoms with van der Waals surface area (Å²) in [6.07, 6.45) is 4.48. The maximum Gasteiger partial charge on any atom is 0.129 e. The van der Waals surface area contributed by atoms with Gasteiger partial charge in [0.1, 0.15) is 12.1 Å². The smallest absolute Gasteiger partial charge is 0.129 e. The number of nitrogens with one attached hydrogen (secondary N) is 1. The van der Waals surface area contributed by atoms with Gasteiger partial charge in [-0.25, -0.2) is 9.97 Å². The lowest BCUT2D eigenvalue weighted by Crippen LogP contribution is -2.43. The number of aliphatic hydroxyl groups is 1. The summed E-state index contributed by atoms with van der Waals surface area (Å²) in [7, 11) is 0. The van der Waals surface area contributed by atoms with Gasteiger partial charge in [0.05, 0.1) is 5.60 Å². The molecule has 1 heterocycles. The van der Waals surface area contributed by atoms with Crippen molar-refractivity contribution < 1.29 is 5.11 Å². The molecule has 88 valence electrons. The van der Waals surface area contributed by atoms with Gasteiger partial charge in [-0.15, -0.1) is 0 Å². The molecule has 1 fully saturated rings. The van der Waals surface area contributed by atoms with E-state index in [-0.39, 0.29) is 0 Å². The average Bonchev–Trinajstić information content (AvgIpc) is 2.24. The topological polar surface area (TPSA) is 58.0 Å². The number of aromatic nitrogens is 2. The van der Waals surface area contributed by atoms with Crippen molar-refractivity contribution in [3.8, 4) is 0 Å². The molecule has 4 nitrogen and oxygen atoms in total. The van der Waals surface area contributed by atoms with Crippen molar-refractivity contribution in [2.24, 2.45) is 0 Å².